The Labute approximate surface area is 131 Å². The third-order valence-electron chi connectivity index (χ3n) is 3.69. The maximum Gasteiger partial charge on any atom is 0.407 e. The number of allylic oxidation sites excluding steroid dienone is 1. The molecule has 22 heavy (non-hydrogen) atoms. The number of alkyl halides is 3. The van der Waals surface area contributed by atoms with E-state index in [0.29, 0.717) is 24.7 Å². The van der Waals surface area contributed by atoms with Gasteiger partial charge in [-0.15, -0.1) is 0 Å². The van der Waals surface area contributed by atoms with Crippen molar-refractivity contribution in [3.8, 4) is 0 Å². The second-order valence-electron chi connectivity index (χ2n) is 5.43. The maximum absolute atomic E-state index is 12.0. The van der Waals surface area contributed by atoms with E-state index in [1.165, 1.54) is 17.5 Å². The molecule has 1 aliphatic carbocycles. The van der Waals surface area contributed by atoms with Gasteiger partial charge in [-0.25, -0.2) is 4.98 Å². The van der Waals surface area contributed by atoms with Crippen LogP contribution in [0.4, 0.5) is 13.2 Å². The molecule has 0 spiro atoms. The summed E-state index contributed by atoms with van der Waals surface area (Å²) >= 11 is 6.15. The molecule has 1 aromatic rings. The molecule has 0 atom stereocenters. The Morgan fingerprint density at radius 3 is 2.82 bits per heavy atom. The molecule has 3 nitrogen and oxygen atoms in total. The molecule has 1 saturated carbocycles. The van der Waals surface area contributed by atoms with E-state index in [1.54, 1.807) is 6.20 Å². The van der Waals surface area contributed by atoms with Crippen LogP contribution in [0.3, 0.4) is 0 Å². The highest BCUT2D eigenvalue weighted by molar-refractivity contribution is 6.30. The first kappa shape index (κ1) is 15.3. The van der Waals surface area contributed by atoms with Gasteiger partial charge in [0.1, 0.15) is 11.7 Å². The molecule has 118 valence electrons. The van der Waals surface area contributed by atoms with Crippen molar-refractivity contribution < 1.29 is 13.2 Å². The van der Waals surface area contributed by atoms with Crippen LogP contribution < -0.4 is 0 Å². The van der Waals surface area contributed by atoms with E-state index < -0.39 is 12.7 Å². The number of hydrogen-bond acceptors (Lipinski definition) is 3. The van der Waals surface area contributed by atoms with Crippen LogP contribution in [0.15, 0.2) is 22.8 Å². The summed E-state index contributed by atoms with van der Waals surface area (Å²) in [5, 5.41) is 0.504. The zero-order valence-corrected chi connectivity index (χ0v) is 12.6. The van der Waals surface area contributed by atoms with Crippen molar-refractivity contribution in [2.24, 2.45) is 4.99 Å². The van der Waals surface area contributed by atoms with Crippen LogP contribution in [0.1, 0.15) is 30.4 Å². The summed E-state index contributed by atoms with van der Waals surface area (Å²) in [5.41, 5.74) is 4.68. The summed E-state index contributed by atoms with van der Waals surface area (Å²) in [6, 6.07) is 1.96. The van der Waals surface area contributed by atoms with E-state index in [1.807, 2.05) is 6.07 Å². The maximum atomic E-state index is 12.0. The summed E-state index contributed by atoms with van der Waals surface area (Å²) in [6.07, 6.45) is 1.44. The van der Waals surface area contributed by atoms with Crippen LogP contribution in [0.2, 0.25) is 5.15 Å². The number of halogens is 4. The molecule has 0 radical (unpaired) electrons. The molecule has 7 heteroatoms. The van der Waals surface area contributed by atoms with Gasteiger partial charge in [-0.2, -0.15) is 13.2 Å². The average molecular weight is 330 g/mol. The van der Waals surface area contributed by atoms with Gasteiger partial charge in [0.15, 0.2) is 0 Å². The molecule has 0 unspecified atom stereocenters. The third kappa shape index (κ3) is 3.43. The highest BCUT2D eigenvalue weighted by Crippen LogP contribution is 2.44. The fourth-order valence-corrected chi connectivity index (χ4v) is 2.87. The van der Waals surface area contributed by atoms with Crippen LogP contribution in [0.5, 0.6) is 0 Å². The summed E-state index contributed by atoms with van der Waals surface area (Å²) < 4.78 is 36.1. The minimum Gasteiger partial charge on any atom is -0.366 e. The number of nitrogens with zero attached hydrogens (tertiary/aromatic N) is 3. The Morgan fingerprint density at radius 2 is 2.14 bits per heavy atom. The fourth-order valence-electron chi connectivity index (χ4n) is 2.66. The third-order valence-corrected chi connectivity index (χ3v) is 4.01. The lowest BCUT2D eigenvalue weighted by molar-refractivity contribution is -0.118. The second kappa shape index (κ2) is 5.91. The predicted molar refractivity (Wildman–Crippen MR) is 79.8 cm³/mol. The molecule has 3 rings (SSSR count). The number of pyridine rings is 1. The largest absolute Gasteiger partial charge is 0.407 e. The van der Waals surface area contributed by atoms with Crippen molar-refractivity contribution in [3.63, 3.8) is 0 Å². The SMILES string of the molecule is FC(F)(F)C/N=C\CCN1Cc2c(ccnc2Cl)C1=C1CC1. The molecule has 0 N–H and O–H groups in total. The molecule has 0 saturated heterocycles. The van der Waals surface area contributed by atoms with Crippen molar-refractivity contribution in [2.75, 3.05) is 13.1 Å². The highest BCUT2D eigenvalue weighted by atomic mass is 35.5. The van der Waals surface area contributed by atoms with Crippen LogP contribution in [-0.4, -0.2) is 35.4 Å². The second-order valence-corrected chi connectivity index (χ2v) is 5.79. The first-order valence-electron chi connectivity index (χ1n) is 7.11. The first-order valence-corrected chi connectivity index (χ1v) is 7.49. The average Bonchev–Trinajstić information content (AvgIpc) is 3.19. The smallest absolute Gasteiger partial charge is 0.366 e. The lowest BCUT2D eigenvalue weighted by atomic mass is 10.1. The topological polar surface area (TPSA) is 28.5 Å². The van der Waals surface area contributed by atoms with Gasteiger partial charge in [-0.3, -0.25) is 4.99 Å². The molecule has 0 bridgehead atoms. The Hall–Kier alpha value is -1.56. The first-order chi connectivity index (χ1) is 10.5. The van der Waals surface area contributed by atoms with Crippen LogP contribution in [-0.2, 0) is 6.54 Å². The molecule has 1 fully saturated rings. The van der Waals surface area contributed by atoms with Gasteiger partial charge in [-0.1, -0.05) is 11.6 Å². The number of rotatable bonds is 4. The fraction of sp³-hybridized carbons (Fsp3) is 0.467. The lowest BCUT2D eigenvalue weighted by Crippen LogP contribution is -2.18. The van der Waals surface area contributed by atoms with E-state index in [2.05, 4.69) is 14.9 Å². The Kier molecular flexibility index (Phi) is 4.12. The predicted octanol–water partition coefficient (Wildman–Crippen LogP) is 4.08. The Morgan fingerprint density at radius 1 is 1.36 bits per heavy atom. The number of aromatic nitrogens is 1. The van der Waals surface area contributed by atoms with E-state index in [4.69, 9.17) is 11.6 Å². The Balaban J connectivity index is 1.66. The summed E-state index contributed by atoms with van der Waals surface area (Å²) in [6.45, 7) is 0.177. The summed E-state index contributed by atoms with van der Waals surface area (Å²) in [4.78, 5) is 9.69. The van der Waals surface area contributed by atoms with Crippen molar-refractivity contribution in [3.05, 3.63) is 34.1 Å². The van der Waals surface area contributed by atoms with Gasteiger partial charge in [0.05, 0.1) is 0 Å². The number of fused-ring (bicyclic) bond motifs is 1. The van der Waals surface area contributed by atoms with Crippen molar-refractivity contribution >= 4 is 23.5 Å². The highest BCUT2D eigenvalue weighted by Gasteiger charge is 2.31. The normalized spacial score (nSPS) is 17.5. The summed E-state index contributed by atoms with van der Waals surface area (Å²) in [7, 11) is 0. The van der Waals surface area contributed by atoms with E-state index in [9.17, 15) is 13.2 Å². The minimum atomic E-state index is -4.24. The van der Waals surface area contributed by atoms with E-state index in [0.717, 1.165) is 24.0 Å². The number of hydrogen-bond donors (Lipinski definition) is 0. The molecule has 0 amide bonds. The van der Waals surface area contributed by atoms with Crippen molar-refractivity contribution in [2.45, 2.75) is 32.0 Å². The summed E-state index contributed by atoms with van der Waals surface area (Å²) in [5.74, 6) is 0. The van der Waals surface area contributed by atoms with Crippen LogP contribution in [0, 0.1) is 0 Å². The van der Waals surface area contributed by atoms with E-state index in [-0.39, 0.29) is 0 Å². The van der Waals surface area contributed by atoms with Crippen molar-refractivity contribution in [1.82, 2.24) is 9.88 Å². The van der Waals surface area contributed by atoms with Gasteiger partial charge in [-0.05, 0) is 30.9 Å². The van der Waals surface area contributed by atoms with E-state index >= 15 is 0 Å². The molecule has 0 aromatic carbocycles. The van der Waals surface area contributed by atoms with Gasteiger partial charge >= 0.3 is 6.18 Å². The zero-order valence-electron chi connectivity index (χ0n) is 11.8. The van der Waals surface area contributed by atoms with Gasteiger partial charge in [0, 0.05) is 42.3 Å². The molecule has 1 aromatic heterocycles. The molecular weight excluding hydrogens is 315 g/mol. The van der Waals surface area contributed by atoms with Gasteiger partial charge in [0.25, 0.3) is 0 Å². The lowest BCUT2D eigenvalue weighted by Gasteiger charge is -2.19. The number of aliphatic imine (C=N–C) groups is 1. The minimum absolute atomic E-state index is 0.478. The quantitative estimate of drug-likeness (QED) is 0.615. The van der Waals surface area contributed by atoms with Gasteiger partial charge in [0.2, 0.25) is 0 Å². The molecule has 1 aliphatic heterocycles. The Bertz CT molecular complexity index is 631. The molecule has 2 aliphatic rings. The molecule has 2 heterocycles. The van der Waals surface area contributed by atoms with Crippen LogP contribution >= 0.6 is 11.6 Å². The zero-order chi connectivity index (χ0) is 15.7. The van der Waals surface area contributed by atoms with Gasteiger partial charge < -0.3 is 4.90 Å². The molecular formula is C15H15ClF3N3. The monoisotopic (exact) mass is 329 g/mol. The standard InChI is InChI=1S/C15H15ClF3N3/c16-14-12-8-22(7-1-5-20-9-15(17,18)19)13(10-2-3-10)11(12)4-6-21-14/h4-6H,1-3,7-9H2/b20-5-. The van der Waals surface area contributed by atoms with Crippen molar-refractivity contribution in [1.29, 1.82) is 0 Å². The van der Waals surface area contributed by atoms with Crippen LogP contribution in [0.25, 0.3) is 5.70 Å².